The highest BCUT2D eigenvalue weighted by Gasteiger charge is 2.58. The van der Waals surface area contributed by atoms with Crippen molar-refractivity contribution in [2.75, 3.05) is 18.5 Å². The molecular weight excluding hydrogens is 583 g/mol. The maximum atomic E-state index is 14.3. The van der Waals surface area contributed by atoms with Crippen molar-refractivity contribution in [1.29, 1.82) is 0 Å². The van der Waals surface area contributed by atoms with Crippen LogP contribution >= 0.6 is 7.26 Å². The number of anilines is 1. The van der Waals surface area contributed by atoms with Crippen molar-refractivity contribution in [3.05, 3.63) is 133 Å². The zero-order valence-electron chi connectivity index (χ0n) is 22.2. The molecule has 1 fully saturated rings. The van der Waals surface area contributed by atoms with Crippen LogP contribution in [0.1, 0.15) is 12.0 Å². The number of amides is 2. The Kier molecular flexibility index (Phi) is 9.92. The van der Waals surface area contributed by atoms with E-state index in [0.29, 0.717) is 18.8 Å². The minimum Gasteiger partial charge on any atom is -1.00 e. The van der Waals surface area contributed by atoms with Crippen LogP contribution in [0.15, 0.2) is 128 Å². The maximum absolute atomic E-state index is 14.3. The van der Waals surface area contributed by atoms with Gasteiger partial charge in [-0.15, -0.1) is 0 Å². The van der Waals surface area contributed by atoms with Crippen LogP contribution in [0.4, 0.5) is 10.5 Å². The smallest absolute Gasteiger partial charge is 0.411 e. The number of likely N-dealkylation sites (tertiary alicyclic amines) is 1. The van der Waals surface area contributed by atoms with Gasteiger partial charge in [0, 0.05) is 25.2 Å². The predicted octanol–water partition coefficient (Wildman–Crippen LogP) is 2.52. The molecule has 4 aromatic carbocycles. The highest BCUT2D eigenvalue weighted by atomic mass is 79.9. The monoisotopic (exact) mass is 614 g/mol. The van der Waals surface area contributed by atoms with E-state index >= 15 is 0 Å². The predicted molar refractivity (Wildman–Crippen MR) is 161 cm³/mol. The molecular formula is C33H32BrN2O3P. The summed E-state index contributed by atoms with van der Waals surface area (Å²) in [6.07, 6.45) is 1.79. The quantitative estimate of drug-likeness (QED) is 0.233. The van der Waals surface area contributed by atoms with E-state index in [2.05, 4.69) is 84.7 Å². The number of benzene rings is 4. The third-order valence-electron chi connectivity index (χ3n) is 7.13. The zero-order chi connectivity index (χ0) is 27.1. The lowest BCUT2D eigenvalue weighted by atomic mass is 10.2. The van der Waals surface area contributed by atoms with Gasteiger partial charge in [0.1, 0.15) is 29.8 Å². The minimum atomic E-state index is -2.29. The molecule has 2 amide bonds. The van der Waals surface area contributed by atoms with E-state index in [1.807, 2.05) is 47.4 Å². The van der Waals surface area contributed by atoms with Crippen LogP contribution in [-0.2, 0) is 16.1 Å². The first-order valence-corrected chi connectivity index (χ1v) is 15.0. The molecule has 1 atom stereocenters. The molecule has 1 aliphatic heterocycles. The van der Waals surface area contributed by atoms with Crippen molar-refractivity contribution in [3.63, 3.8) is 0 Å². The number of nitrogens with zero attached hydrogens (tertiary/aromatic N) is 1. The third kappa shape index (κ3) is 6.04. The van der Waals surface area contributed by atoms with Crippen LogP contribution < -0.4 is 38.2 Å². The Balaban J connectivity index is 0.00000370. The summed E-state index contributed by atoms with van der Waals surface area (Å²) >= 11 is 0. The fraction of sp³-hybridized carbons (Fsp3) is 0.152. The highest BCUT2D eigenvalue weighted by molar-refractivity contribution is 7.96. The van der Waals surface area contributed by atoms with Crippen LogP contribution in [0, 0.1) is 0 Å². The molecule has 4 aromatic rings. The Hall–Kier alpha value is -3.73. The van der Waals surface area contributed by atoms with Gasteiger partial charge in [-0.25, -0.2) is 4.79 Å². The van der Waals surface area contributed by atoms with E-state index in [4.69, 9.17) is 4.74 Å². The van der Waals surface area contributed by atoms with E-state index in [1.54, 1.807) is 0 Å². The second kappa shape index (κ2) is 13.6. The Morgan fingerprint density at radius 1 is 0.850 bits per heavy atom. The van der Waals surface area contributed by atoms with Gasteiger partial charge in [-0.1, -0.05) is 79.4 Å². The normalized spacial score (nSPS) is 14.8. The van der Waals surface area contributed by atoms with Gasteiger partial charge >= 0.3 is 6.09 Å². The van der Waals surface area contributed by atoms with Crippen LogP contribution in [0.2, 0.25) is 0 Å². The number of hydrogen-bond donors (Lipinski definition) is 1. The molecule has 1 heterocycles. The van der Waals surface area contributed by atoms with Gasteiger partial charge in [-0.05, 0) is 54.1 Å². The van der Waals surface area contributed by atoms with Gasteiger partial charge < -0.3 is 26.6 Å². The van der Waals surface area contributed by atoms with Crippen molar-refractivity contribution < 1.29 is 31.3 Å². The molecule has 7 heteroatoms. The number of rotatable bonds is 9. The van der Waals surface area contributed by atoms with Gasteiger partial charge in [0.25, 0.3) is 5.91 Å². The third-order valence-corrected chi connectivity index (χ3v) is 11.9. The van der Waals surface area contributed by atoms with Crippen molar-refractivity contribution in [2.45, 2.75) is 18.6 Å². The molecule has 0 aliphatic carbocycles. The minimum absolute atomic E-state index is 0. The Morgan fingerprint density at radius 2 is 1.35 bits per heavy atom. The molecule has 0 spiro atoms. The van der Waals surface area contributed by atoms with Gasteiger partial charge in [0.15, 0.2) is 5.66 Å². The standard InChI is InChI=1S/C33H31N2O3P.BrH/c1-2-24-38-33(37)34-27-20-18-26(19-21-27)25-35-23-22-31(32(35)36)39(28-12-6-3-7-13-28,29-14-8-4-9-15-29)30-16-10-5-11-17-30;/h2-21,31H,1,22-25H2;1H. The molecule has 0 aromatic heterocycles. The van der Waals surface area contributed by atoms with Crippen LogP contribution in [-0.4, -0.2) is 35.7 Å². The maximum Gasteiger partial charge on any atom is 0.411 e. The summed E-state index contributed by atoms with van der Waals surface area (Å²) in [5, 5.41) is 6.37. The number of carbonyl (C=O) groups is 2. The van der Waals surface area contributed by atoms with Crippen molar-refractivity contribution in [1.82, 2.24) is 4.90 Å². The van der Waals surface area contributed by atoms with E-state index in [0.717, 1.165) is 12.0 Å². The molecule has 0 saturated carbocycles. The first-order valence-electron chi connectivity index (χ1n) is 13.1. The second-order valence-electron chi connectivity index (χ2n) is 9.50. The Bertz CT molecular complexity index is 1320. The molecule has 1 N–H and O–H groups in total. The fourth-order valence-electron chi connectivity index (χ4n) is 5.42. The highest BCUT2D eigenvalue weighted by Crippen LogP contribution is 2.62. The largest absolute Gasteiger partial charge is 1.00 e. The molecule has 40 heavy (non-hydrogen) atoms. The molecule has 204 valence electrons. The summed E-state index contributed by atoms with van der Waals surface area (Å²) in [6, 6.07) is 39.3. The fourth-order valence-corrected chi connectivity index (χ4v) is 10.3. The summed E-state index contributed by atoms with van der Waals surface area (Å²) < 4.78 is 4.98. The van der Waals surface area contributed by atoms with Crippen molar-refractivity contribution in [3.8, 4) is 0 Å². The average Bonchev–Trinajstić information content (AvgIpc) is 3.35. The summed E-state index contributed by atoms with van der Waals surface area (Å²) in [5.41, 5.74) is 1.50. The molecule has 0 radical (unpaired) electrons. The van der Waals surface area contributed by atoms with E-state index in [1.165, 1.54) is 22.0 Å². The van der Waals surface area contributed by atoms with Crippen molar-refractivity contribution >= 4 is 40.9 Å². The topological polar surface area (TPSA) is 58.6 Å². The van der Waals surface area contributed by atoms with E-state index in [9.17, 15) is 9.59 Å². The molecule has 1 unspecified atom stereocenters. The molecule has 0 bridgehead atoms. The number of carbonyl (C=O) groups excluding carboxylic acids is 2. The van der Waals surface area contributed by atoms with Gasteiger partial charge in [0.05, 0.1) is 0 Å². The summed E-state index contributed by atoms with van der Waals surface area (Å²) in [4.78, 5) is 28.1. The Labute approximate surface area is 247 Å². The lowest BCUT2D eigenvalue weighted by Gasteiger charge is -2.32. The van der Waals surface area contributed by atoms with Gasteiger partial charge in [0.2, 0.25) is 0 Å². The first-order chi connectivity index (χ1) is 19.1. The van der Waals surface area contributed by atoms with E-state index in [-0.39, 0.29) is 35.2 Å². The van der Waals surface area contributed by atoms with E-state index < -0.39 is 13.4 Å². The number of nitrogens with one attached hydrogen (secondary N) is 1. The molecule has 1 aliphatic rings. The van der Waals surface area contributed by atoms with Crippen LogP contribution in [0.25, 0.3) is 0 Å². The molecule has 5 rings (SSSR count). The van der Waals surface area contributed by atoms with Gasteiger partial charge in [-0.2, -0.15) is 0 Å². The summed E-state index contributed by atoms with van der Waals surface area (Å²) in [6.45, 7) is 4.92. The van der Waals surface area contributed by atoms with Crippen molar-refractivity contribution in [2.24, 2.45) is 0 Å². The van der Waals surface area contributed by atoms with Crippen LogP contribution in [0.3, 0.4) is 0 Å². The second-order valence-corrected chi connectivity index (χ2v) is 13.1. The molecule has 1 saturated heterocycles. The Morgan fingerprint density at radius 3 is 1.82 bits per heavy atom. The summed E-state index contributed by atoms with van der Waals surface area (Å²) in [7, 11) is -2.29. The number of ether oxygens (including phenoxy) is 1. The zero-order valence-corrected chi connectivity index (χ0v) is 24.6. The lowest BCUT2D eigenvalue weighted by molar-refractivity contribution is -0.127. The number of hydrogen-bond acceptors (Lipinski definition) is 3. The number of halogens is 1. The first kappa shape index (κ1) is 29.3. The molecule has 5 nitrogen and oxygen atoms in total. The average molecular weight is 616 g/mol. The van der Waals surface area contributed by atoms with Gasteiger partial charge in [-0.3, -0.25) is 10.1 Å². The SMILES string of the molecule is C=CCOC(=O)Nc1ccc(CN2CCC([P+](c3ccccc3)(c3ccccc3)c3ccccc3)C2=O)cc1.[Br-]. The summed E-state index contributed by atoms with van der Waals surface area (Å²) in [5.74, 6) is 0.190. The lowest BCUT2D eigenvalue weighted by Crippen LogP contribution is -3.00. The van der Waals surface area contributed by atoms with Crippen LogP contribution in [0.5, 0.6) is 0 Å².